The summed E-state index contributed by atoms with van der Waals surface area (Å²) < 4.78 is 11.2. The maximum atomic E-state index is 13.5. The summed E-state index contributed by atoms with van der Waals surface area (Å²) in [6.45, 7) is 4.63. The highest BCUT2D eigenvalue weighted by Gasteiger charge is 2.49. The van der Waals surface area contributed by atoms with E-state index in [0.29, 0.717) is 36.8 Å². The average molecular weight is 522 g/mol. The lowest BCUT2D eigenvalue weighted by Gasteiger charge is -2.44. The number of carbonyl (C=O) groups is 2. The third-order valence-electron chi connectivity index (χ3n) is 6.61. The fourth-order valence-electron chi connectivity index (χ4n) is 4.78. The molecule has 2 amide bonds. The molecule has 0 radical (unpaired) electrons. The number of rotatable bonds is 6. The number of ether oxygens (including phenoxy) is 2. The van der Waals surface area contributed by atoms with Crippen LogP contribution in [0.1, 0.15) is 52.9 Å². The van der Waals surface area contributed by atoms with Crippen LogP contribution in [-0.2, 0) is 14.3 Å². The van der Waals surface area contributed by atoms with Gasteiger partial charge in [-0.1, -0.05) is 19.3 Å². The van der Waals surface area contributed by atoms with Gasteiger partial charge in [0, 0.05) is 0 Å². The molecule has 4 rings (SSSR count). The van der Waals surface area contributed by atoms with Gasteiger partial charge in [0.1, 0.15) is 41.3 Å². The monoisotopic (exact) mass is 521 g/mol. The molecule has 5 atom stereocenters. The summed E-state index contributed by atoms with van der Waals surface area (Å²) in [5.41, 5.74) is -1.14. The molecule has 2 fully saturated rings. The smallest absolute Gasteiger partial charge is 0.408 e. The lowest BCUT2D eigenvalue weighted by Crippen LogP contribution is -2.69. The molecular weight excluding hydrogens is 486 g/mol. The number of imidazole rings is 1. The van der Waals surface area contributed by atoms with E-state index in [-0.39, 0.29) is 5.82 Å². The summed E-state index contributed by atoms with van der Waals surface area (Å²) in [5, 5.41) is 40.2. The Morgan fingerprint density at radius 2 is 1.89 bits per heavy atom. The molecule has 14 heteroatoms. The summed E-state index contributed by atoms with van der Waals surface area (Å²) in [6, 6.07) is -1.15. The second kappa shape index (κ2) is 10.7. The van der Waals surface area contributed by atoms with Gasteiger partial charge in [-0.05, 0) is 33.6 Å². The van der Waals surface area contributed by atoms with Crippen molar-refractivity contribution in [3.63, 3.8) is 0 Å². The van der Waals surface area contributed by atoms with Crippen molar-refractivity contribution >= 4 is 29.0 Å². The molecule has 1 aliphatic heterocycles. The normalized spacial score (nSPS) is 27.9. The summed E-state index contributed by atoms with van der Waals surface area (Å²) in [7, 11) is 0. The Hall–Kier alpha value is -3.07. The Labute approximate surface area is 213 Å². The van der Waals surface area contributed by atoms with Crippen molar-refractivity contribution in [1.82, 2.24) is 30.6 Å². The van der Waals surface area contributed by atoms with Gasteiger partial charge in [-0.3, -0.25) is 4.79 Å². The quantitative estimate of drug-likeness (QED) is 0.268. The summed E-state index contributed by atoms with van der Waals surface area (Å²) in [4.78, 5) is 41.2. The van der Waals surface area contributed by atoms with Gasteiger partial charge in [0.15, 0.2) is 17.7 Å². The highest BCUT2D eigenvalue weighted by Crippen LogP contribution is 2.31. The number of hydrogen-bond acceptors (Lipinski definition) is 11. The first-order valence-corrected chi connectivity index (χ1v) is 12.4. The number of alkyl carbamates (subject to hydrolysis) is 1. The molecule has 0 spiro atoms. The van der Waals surface area contributed by atoms with E-state index in [4.69, 9.17) is 9.47 Å². The molecule has 2 aliphatic rings. The van der Waals surface area contributed by atoms with Crippen LogP contribution in [0.25, 0.3) is 11.2 Å². The predicted molar refractivity (Wildman–Crippen MR) is 130 cm³/mol. The number of fused-ring (bicyclic) bond motifs is 1. The van der Waals surface area contributed by atoms with Crippen molar-refractivity contribution in [1.29, 1.82) is 0 Å². The van der Waals surface area contributed by atoms with Gasteiger partial charge in [0.2, 0.25) is 5.91 Å². The van der Waals surface area contributed by atoms with Crippen LogP contribution in [0.3, 0.4) is 0 Å². The molecule has 0 aromatic carbocycles. The number of carbonyl (C=O) groups excluding carboxylic acids is 2. The number of aliphatic hydroxyl groups excluding tert-OH is 3. The highest BCUT2D eigenvalue weighted by atomic mass is 16.6. The first kappa shape index (κ1) is 27.0. The van der Waals surface area contributed by atoms with Crippen LogP contribution in [0.2, 0.25) is 0 Å². The number of hydrogen-bond donors (Lipinski definition) is 7. The van der Waals surface area contributed by atoms with Crippen LogP contribution in [0.5, 0.6) is 0 Å². The van der Waals surface area contributed by atoms with Crippen LogP contribution in [0, 0.1) is 0 Å². The van der Waals surface area contributed by atoms with Crippen molar-refractivity contribution in [2.75, 3.05) is 11.9 Å². The molecule has 1 aliphatic carbocycles. The van der Waals surface area contributed by atoms with E-state index in [9.17, 15) is 24.9 Å². The van der Waals surface area contributed by atoms with Crippen LogP contribution >= 0.6 is 0 Å². The minimum atomic E-state index is -1.51. The molecule has 7 N–H and O–H groups in total. The number of H-pyrrole nitrogens is 1. The van der Waals surface area contributed by atoms with Crippen molar-refractivity contribution in [3.05, 3.63) is 12.7 Å². The van der Waals surface area contributed by atoms with Gasteiger partial charge in [-0.2, -0.15) is 0 Å². The molecule has 3 heterocycles. The molecule has 2 aromatic rings. The minimum absolute atomic E-state index is 0.278. The predicted octanol–water partition coefficient (Wildman–Crippen LogP) is -0.0838. The molecule has 0 unspecified atom stereocenters. The van der Waals surface area contributed by atoms with Crippen LogP contribution in [0.15, 0.2) is 12.7 Å². The zero-order chi connectivity index (χ0) is 26.8. The van der Waals surface area contributed by atoms with Crippen molar-refractivity contribution in [2.45, 2.75) is 94.6 Å². The largest absolute Gasteiger partial charge is 0.444 e. The van der Waals surface area contributed by atoms with Crippen LogP contribution < -0.4 is 16.0 Å². The van der Waals surface area contributed by atoms with Crippen molar-refractivity contribution in [2.24, 2.45) is 0 Å². The maximum absolute atomic E-state index is 13.5. The van der Waals surface area contributed by atoms with Gasteiger partial charge in [0.25, 0.3) is 0 Å². The molecular formula is C23H35N7O7. The van der Waals surface area contributed by atoms with E-state index in [1.165, 1.54) is 12.7 Å². The van der Waals surface area contributed by atoms with Crippen LogP contribution in [0.4, 0.5) is 10.6 Å². The SMILES string of the molecule is CC(C)(C)OC(=O)NC1(C(=O)N[C@@H]2[C@@H](O)[C@H](O)[C@@H](Nc3ncnc4nc[nH]c34)O[C@H]2CO)CCCCC1. The van der Waals surface area contributed by atoms with E-state index >= 15 is 0 Å². The molecule has 1 saturated carbocycles. The van der Waals surface area contributed by atoms with Gasteiger partial charge in [-0.15, -0.1) is 0 Å². The van der Waals surface area contributed by atoms with Crippen molar-refractivity contribution < 1.29 is 34.4 Å². The number of aliphatic hydroxyl groups is 3. The lowest BCUT2D eigenvalue weighted by molar-refractivity contribution is -0.186. The Morgan fingerprint density at radius 3 is 2.57 bits per heavy atom. The van der Waals surface area contributed by atoms with E-state index in [1.54, 1.807) is 20.8 Å². The molecule has 2 aromatic heterocycles. The molecule has 37 heavy (non-hydrogen) atoms. The fraction of sp³-hybridized carbons (Fsp3) is 0.696. The van der Waals surface area contributed by atoms with Gasteiger partial charge in [0.05, 0.1) is 19.0 Å². The third-order valence-corrected chi connectivity index (χ3v) is 6.61. The van der Waals surface area contributed by atoms with E-state index in [0.717, 1.165) is 6.42 Å². The second-order valence-corrected chi connectivity index (χ2v) is 10.5. The van der Waals surface area contributed by atoms with Crippen molar-refractivity contribution in [3.8, 4) is 0 Å². The van der Waals surface area contributed by atoms with Gasteiger partial charge in [-0.25, -0.2) is 19.7 Å². The number of nitrogens with zero attached hydrogens (tertiary/aromatic N) is 3. The Morgan fingerprint density at radius 1 is 1.16 bits per heavy atom. The Balaban J connectivity index is 1.49. The minimum Gasteiger partial charge on any atom is -0.444 e. The number of aromatic amines is 1. The van der Waals surface area contributed by atoms with E-state index in [2.05, 4.69) is 35.9 Å². The zero-order valence-electron chi connectivity index (χ0n) is 21.1. The number of anilines is 1. The first-order valence-electron chi connectivity index (χ1n) is 12.4. The number of nitrogens with one attached hydrogen (secondary N) is 4. The average Bonchev–Trinajstić information content (AvgIpc) is 3.33. The third kappa shape index (κ3) is 5.92. The summed E-state index contributed by atoms with van der Waals surface area (Å²) >= 11 is 0. The topological polar surface area (TPSA) is 204 Å². The van der Waals surface area contributed by atoms with Crippen LogP contribution in [-0.4, -0.2) is 95.6 Å². The van der Waals surface area contributed by atoms with E-state index < -0.39 is 60.3 Å². The zero-order valence-corrected chi connectivity index (χ0v) is 21.1. The highest BCUT2D eigenvalue weighted by molar-refractivity contribution is 5.90. The molecule has 0 bridgehead atoms. The van der Waals surface area contributed by atoms with Gasteiger partial charge >= 0.3 is 6.09 Å². The maximum Gasteiger partial charge on any atom is 0.408 e. The Kier molecular flexibility index (Phi) is 7.83. The lowest BCUT2D eigenvalue weighted by atomic mass is 9.80. The molecule has 14 nitrogen and oxygen atoms in total. The number of aromatic nitrogens is 4. The molecule has 204 valence electrons. The number of amides is 2. The first-order chi connectivity index (χ1) is 17.5. The fourth-order valence-corrected chi connectivity index (χ4v) is 4.78. The molecule has 1 saturated heterocycles. The summed E-state index contributed by atoms with van der Waals surface area (Å²) in [6.07, 6.45) is -0.129. The second-order valence-electron chi connectivity index (χ2n) is 10.5. The van der Waals surface area contributed by atoms with Gasteiger partial charge < -0.3 is 45.7 Å². The Bertz CT molecular complexity index is 1100. The van der Waals surface area contributed by atoms with E-state index in [1.807, 2.05) is 0 Å². The standard InChI is InChI=1S/C23H35N7O7/c1-22(2,3)37-21(35)30-23(7-5-4-6-8-23)20(34)28-13-12(9-31)36-19(16(33)15(13)32)29-18-14-17(25-10-24-14)26-11-27-18/h10-13,15-16,19,31-33H,4-9H2,1-3H3,(H,28,34)(H,30,35)(H2,24,25,26,27,29)/t12-,13-,15+,16-,19-/m0/s1. The summed E-state index contributed by atoms with van der Waals surface area (Å²) in [5.74, 6) is -0.265.